The van der Waals surface area contributed by atoms with E-state index in [1.54, 1.807) is 0 Å². The molecule has 0 N–H and O–H groups in total. The van der Waals surface area contributed by atoms with Gasteiger partial charge in [0.1, 0.15) is 5.82 Å². The minimum Gasteiger partial charge on any atom is -0.309 e. The largest absolute Gasteiger partial charge is 0.309 e. The van der Waals surface area contributed by atoms with Crippen molar-refractivity contribution in [3.8, 4) is 33.8 Å². The van der Waals surface area contributed by atoms with Gasteiger partial charge in [0.15, 0.2) is 0 Å². The molecule has 0 unspecified atom stereocenters. The van der Waals surface area contributed by atoms with Crippen molar-refractivity contribution >= 4 is 49.8 Å². The van der Waals surface area contributed by atoms with Crippen molar-refractivity contribution in [3.63, 3.8) is 0 Å². The highest BCUT2D eigenvalue weighted by Crippen LogP contribution is 2.42. The minimum absolute atomic E-state index is 0.0545. The molecule has 0 fully saturated rings. The molecule has 0 radical (unpaired) electrons. The molecule has 10 rings (SSSR count). The average molecular weight is 734 g/mol. The van der Waals surface area contributed by atoms with E-state index in [1.807, 2.05) is 0 Å². The standard InChI is InChI=1S/C54H43N3/c1-54(2,3)44-29-31-47(32-30-44)56-52-35-41(26-27-42(52)37-53(56)55(45-20-9-5-10-21-45)46-22-11-6-12-23-46)40-28-33-49-43(34-40)36-51(39-17-7-4-8-18-39)57(49)50-25-15-19-38-16-13-14-24-48(38)50/h4-37H,1-3H3. The zero-order chi connectivity index (χ0) is 38.5. The number of rotatable bonds is 7. The number of anilines is 3. The van der Waals surface area contributed by atoms with Crippen LogP contribution in [0.5, 0.6) is 0 Å². The van der Waals surface area contributed by atoms with Crippen molar-refractivity contribution in [3.05, 3.63) is 212 Å². The lowest BCUT2D eigenvalue weighted by molar-refractivity contribution is 0.590. The number of hydrogen-bond donors (Lipinski definition) is 0. The van der Waals surface area contributed by atoms with Crippen LogP contribution in [0.4, 0.5) is 17.2 Å². The minimum atomic E-state index is 0.0545. The first-order valence-electron chi connectivity index (χ1n) is 19.8. The Kier molecular flexibility index (Phi) is 8.38. The Hall–Kier alpha value is -7.10. The number of nitrogens with zero attached hydrogens (tertiary/aromatic N) is 3. The highest BCUT2D eigenvalue weighted by atomic mass is 15.3. The van der Waals surface area contributed by atoms with Crippen molar-refractivity contribution in [2.24, 2.45) is 0 Å². The summed E-state index contributed by atoms with van der Waals surface area (Å²) in [4.78, 5) is 2.37. The molecule has 0 aliphatic heterocycles. The number of hydrogen-bond acceptors (Lipinski definition) is 1. The Morgan fingerprint density at radius 1 is 0.404 bits per heavy atom. The number of aromatic nitrogens is 2. The predicted molar refractivity (Wildman–Crippen MR) is 242 cm³/mol. The first-order chi connectivity index (χ1) is 27.9. The number of fused-ring (bicyclic) bond motifs is 3. The molecule has 0 amide bonds. The summed E-state index contributed by atoms with van der Waals surface area (Å²) in [6.45, 7) is 6.81. The van der Waals surface area contributed by atoms with E-state index in [9.17, 15) is 0 Å². The lowest BCUT2D eigenvalue weighted by Crippen LogP contribution is -2.14. The Bertz CT molecular complexity index is 2980. The molecule has 0 atom stereocenters. The van der Waals surface area contributed by atoms with E-state index in [1.165, 1.54) is 60.7 Å². The first-order valence-corrected chi connectivity index (χ1v) is 19.8. The fraction of sp³-hybridized carbons (Fsp3) is 0.0741. The van der Waals surface area contributed by atoms with Crippen molar-refractivity contribution in [1.82, 2.24) is 9.13 Å². The van der Waals surface area contributed by atoms with Gasteiger partial charge in [-0.1, -0.05) is 154 Å². The van der Waals surface area contributed by atoms with Gasteiger partial charge in [-0.05, 0) is 106 Å². The molecule has 10 aromatic rings. The van der Waals surface area contributed by atoms with E-state index in [4.69, 9.17) is 0 Å². The maximum atomic E-state index is 2.43. The van der Waals surface area contributed by atoms with Crippen LogP contribution >= 0.6 is 0 Å². The second-order valence-electron chi connectivity index (χ2n) is 15.9. The SMILES string of the molecule is CC(C)(C)c1ccc(-n2c(N(c3ccccc3)c3ccccc3)cc3ccc(-c4ccc5c(c4)cc(-c4ccccc4)n5-c4cccc5ccccc45)cc32)cc1. The molecule has 57 heavy (non-hydrogen) atoms. The van der Waals surface area contributed by atoms with Crippen molar-refractivity contribution in [1.29, 1.82) is 0 Å². The molecular formula is C54H43N3. The van der Waals surface area contributed by atoms with E-state index in [-0.39, 0.29) is 5.41 Å². The topological polar surface area (TPSA) is 13.1 Å². The van der Waals surface area contributed by atoms with E-state index in [0.29, 0.717) is 0 Å². The van der Waals surface area contributed by atoms with E-state index < -0.39 is 0 Å². The second kappa shape index (κ2) is 13.9. The average Bonchev–Trinajstić information content (AvgIpc) is 3.82. The molecule has 3 nitrogen and oxygen atoms in total. The fourth-order valence-electron chi connectivity index (χ4n) is 8.36. The van der Waals surface area contributed by atoms with Crippen molar-refractivity contribution in [2.75, 3.05) is 4.90 Å². The van der Waals surface area contributed by atoms with Crippen molar-refractivity contribution in [2.45, 2.75) is 26.2 Å². The monoisotopic (exact) mass is 733 g/mol. The summed E-state index contributed by atoms with van der Waals surface area (Å²) in [5.74, 6) is 1.08. The molecule has 2 heterocycles. The van der Waals surface area contributed by atoms with Crippen LogP contribution in [0.15, 0.2) is 206 Å². The van der Waals surface area contributed by atoms with E-state index in [2.05, 4.69) is 241 Å². The van der Waals surface area contributed by atoms with Crippen molar-refractivity contribution < 1.29 is 0 Å². The third-order valence-electron chi connectivity index (χ3n) is 11.2. The van der Waals surface area contributed by atoms with Gasteiger partial charge in [0.05, 0.1) is 22.4 Å². The lowest BCUT2D eigenvalue weighted by Gasteiger charge is -2.27. The van der Waals surface area contributed by atoms with Gasteiger partial charge in [-0.25, -0.2) is 0 Å². The maximum absolute atomic E-state index is 2.43. The summed E-state index contributed by atoms with van der Waals surface area (Å²) >= 11 is 0. The van der Waals surface area contributed by atoms with Gasteiger partial charge in [-0.3, -0.25) is 9.47 Å². The first kappa shape index (κ1) is 34.4. The van der Waals surface area contributed by atoms with Crippen LogP contribution in [-0.2, 0) is 5.41 Å². The normalized spacial score (nSPS) is 11.8. The Morgan fingerprint density at radius 2 is 1.02 bits per heavy atom. The van der Waals surface area contributed by atoms with Crippen LogP contribution in [0.2, 0.25) is 0 Å². The van der Waals surface area contributed by atoms with Crippen LogP contribution in [-0.4, -0.2) is 9.13 Å². The van der Waals surface area contributed by atoms with Gasteiger partial charge in [-0.15, -0.1) is 0 Å². The molecule has 0 saturated carbocycles. The molecule has 0 saturated heterocycles. The highest BCUT2D eigenvalue weighted by Gasteiger charge is 2.22. The number of benzene rings is 8. The molecule has 0 aliphatic carbocycles. The van der Waals surface area contributed by atoms with Gasteiger partial charge in [0.25, 0.3) is 0 Å². The molecule has 0 bridgehead atoms. The van der Waals surface area contributed by atoms with E-state index in [0.717, 1.165) is 28.4 Å². The van der Waals surface area contributed by atoms with E-state index >= 15 is 0 Å². The summed E-state index contributed by atoms with van der Waals surface area (Å²) in [6, 6.07) is 75.0. The Labute approximate surface area is 334 Å². The third kappa shape index (κ3) is 6.18. The van der Waals surface area contributed by atoms with Crippen LogP contribution in [0.1, 0.15) is 26.3 Å². The molecule has 2 aromatic heterocycles. The molecule has 0 aliphatic rings. The summed E-state index contributed by atoms with van der Waals surface area (Å²) < 4.78 is 4.86. The van der Waals surface area contributed by atoms with Gasteiger partial charge in [0.2, 0.25) is 0 Å². The lowest BCUT2D eigenvalue weighted by atomic mass is 9.87. The van der Waals surface area contributed by atoms with Crippen LogP contribution in [0.25, 0.3) is 66.3 Å². The summed E-state index contributed by atoms with van der Waals surface area (Å²) in [6.07, 6.45) is 0. The number of para-hydroxylation sites is 2. The Balaban J connectivity index is 1.17. The zero-order valence-corrected chi connectivity index (χ0v) is 32.5. The quantitative estimate of drug-likeness (QED) is 0.159. The molecule has 8 aromatic carbocycles. The fourth-order valence-corrected chi connectivity index (χ4v) is 8.36. The van der Waals surface area contributed by atoms with Crippen LogP contribution < -0.4 is 4.90 Å². The molecule has 274 valence electrons. The van der Waals surface area contributed by atoms with Gasteiger partial charge >= 0.3 is 0 Å². The maximum Gasteiger partial charge on any atom is 0.123 e. The summed E-state index contributed by atoms with van der Waals surface area (Å²) in [7, 11) is 0. The van der Waals surface area contributed by atoms with Gasteiger partial charge in [0, 0.05) is 33.2 Å². The third-order valence-corrected chi connectivity index (χ3v) is 11.2. The van der Waals surface area contributed by atoms with Crippen LogP contribution in [0.3, 0.4) is 0 Å². The van der Waals surface area contributed by atoms with Crippen LogP contribution in [0, 0.1) is 0 Å². The van der Waals surface area contributed by atoms with Gasteiger partial charge < -0.3 is 4.57 Å². The molecular weight excluding hydrogens is 691 g/mol. The second-order valence-corrected chi connectivity index (χ2v) is 15.9. The Morgan fingerprint density at radius 3 is 1.72 bits per heavy atom. The summed E-state index contributed by atoms with van der Waals surface area (Å²) in [5.41, 5.74) is 12.9. The molecule has 3 heteroatoms. The van der Waals surface area contributed by atoms with Gasteiger partial charge in [-0.2, -0.15) is 0 Å². The summed E-state index contributed by atoms with van der Waals surface area (Å²) in [5, 5.41) is 4.85. The smallest absolute Gasteiger partial charge is 0.123 e. The zero-order valence-electron chi connectivity index (χ0n) is 32.5. The molecule has 0 spiro atoms. The predicted octanol–water partition coefficient (Wildman–Crippen LogP) is 14.8. The highest BCUT2D eigenvalue weighted by molar-refractivity contribution is 5.99.